The fourth-order valence-electron chi connectivity index (χ4n) is 15.1. The fraction of sp³-hybridized carbons (Fsp3) is 0.170. The Morgan fingerprint density at radius 3 is 1.09 bits per heavy atom. The molecular formula is C94H78Cl3F6N17O7. The Hall–Kier alpha value is -14.3. The minimum absolute atomic E-state index is 0.0687. The van der Waals surface area contributed by atoms with E-state index in [9.17, 15) is 37.1 Å². The normalized spacial score (nSPS) is 12.5. The highest BCUT2D eigenvalue weighted by Gasteiger charge is 2.30. The van der Waals surface area contributed by atoms with Gasteiger partial charge in [-0.3, -0.25) is 27.6 Å². The van der Waals surface area contributed by atoms with Crippen molar-refractivity contribution < 1.29 is 45.7 Å². The number of nitrogens with two attached hydrogens (primary N) is 3. The average Bonchev–Trinajstić information content (AvgIpc) is 1.65. The lowest BCUT2D eigenvalue weighted by molar-refractivity contribution is 0.195. The minimum atomic E-state index is -0.966. The Balaban J connectivity index is 0.000000137. The zero-order valence-electron chi connectivity index (χ0n) is 69.2. The molecule has 17 aromatic rings. The molecule has 127 heavy (non-hydrogen) atoms. The molecule has 0 saturated carbocycles. The lowest BCUT2D eigenvalue weighted by Crippen LogP contribution is -2.23. The van der Waals surface area contributed by atoms with Crippen LogP contribution >= 0.6 is 34.8 Å². The van der Waals surface area contributed by atoms with E-state index < -0.39 is 64.0 Å². The first-order valence-electron chi connectivity index (χ1n) is 39.8. The summed E-state index contributed by atoms with van der Waals surface area (Å²) >= 11 is 18.3. The summed E-state index contributed by atoms with van der Waals surface area (Å²) in [6.07, 6.45) is 13.3. The number of fused-ring (bicyclic) bond motifs is 6. The van der Waals surface area contributed by atoms with E-state index >= 15 is 8.78 Å². The van der Waals surface area contributed by atoms with Gasteiger partial charge in [0.25, 0.3) is 16.7 Å². The van der Waals surface area contributed by atoms with Crippen LogP contribution in [-0.2, 0) is 6.42 Å². The molecule has 0 spiro atoms. The number of benzene rings is 6. The molecule has 18 rings (SSSR count). The van der Waals surface area contributed by atoms with E-state index in [-0.39, 0.29) is 75.4 Å². The van der Waals surface area contributed by atoms with Gasteiger partial charge >= 0.3 is 0 Å². The van der Waals surface area contributed by atoms with Crippen molar-refractivity contribution in [1.82, 2.24) is 67.2 Å². The van der Waals surface area contributed by atoms with Crippen LogP contribution in [0.3, 0.4) is 0 Å². The molecule has 33 heteroatoms. The first kappa shape index (κ1) is 87.6. The number of aromatic nitrogens is 14. The summed E-state index contributed by atoms with van der Waals surface area (Å²) < 4.78 is 111. The number of halogens is 9. The van der Waals surface area contributed by atoms with Gasteiger partial charge < -0.3 is 45.7 Å². The van der Waals surface area contributed by atoms with Gasteiger partial charge in [-0.25, -0.2) is 71.2 Å². The van der Waals surface area contributed by atoms with Gasteiger partial charge in [0.15, 0.2) is 34.7 Å². The van der Waals surface area contributed by atoms with E-state index in [1.807, 2.05) is 67.5 Å². The summed E-state index contributed by atoms with van der Waals surface area (Å²) in [6, 6.07) is 40.0. The molecule has 1 aliphatic rings. The van der Waals surface area contributed by atoms with E-state index in [1.165, 1.54) is 130 Å². The van der Waals surface area contributed by atoms with Crippen molar-refractivity contribution in [1.29, 1.82) is 0 Å². The van der Waals surface area contributed by atoms with Crippen molar-refractivity contribution >= 4 is 96.8 Å². The molecule has 0 aliphatic heterocycles. The van der Waals surface area contributed by atoms with Crippen LogP contribution in [0.5, 0.6) is 17.2 Å². The third-order valence-corrected chi connectivity index (χ3v) is 21.3. The van der Waals surface area contributed by atoms with Gasteiger partial charge in [-0.2, -0.15) is 0 Å². The standard InChI is InChI=1S/2C31H25ClF2N6O2.C16H12ClFN2O2.C16H16FN3O/c2*1-16(2)42-24-9-7-18(12-23(24)34)22-14-39(30-27(22)29(35)36-15-37-30)17(3)28-26(19-5-4-6-21(33)11-19)31(41)40-13-20(32)8-10-25(40)38-28;1-9(21)15-14(10-3-2-4-12(18)7-10)16(22)20-8-11(17)5-6-13(20)19-15;1-9(2)21-14-6-3-10(7-12(14)17)11-4-5-13-15(11)16(18)20-8-19-13/h2*4-17H,1-3H3,(H2,35,36,37);2-9,21H,1H3;3-4,6-9H,5H2,1-2H3,(H2,18,19,20)/t2*17-;;/m10../s1. The lowest BCUT2D eigenvalue weighted by Gasteiger charge is -2.19. The Kier molecular flexibility index (Phi) is 25.1. The highest BCUT2D eigenvalue weighted by molar-refractivity contribution is 6.31. The molecule has 0 fully saturated rings. The van der Waals surface area contributed by atoms with Gasteiger partial charge in [-0.1, -0.05) is 95.5 Å². The molecule has 11 aromatic heterocycles. The molecule has 0 bridgehead atoms. The number of nitrogen functional groups attached to an aromatic ring is 3. The largest absolute Gasteiger partial charge is 0.488 e. The molecule has 6 aromatic carbocycles. The van der Waals surface area contributed by atoms with Crippen molar-refractivity contribution in [2.45, 2.75) is 105 Å². The number of rotatable bonds is 17. The Morgan fingerprint density at radius 1 is 0.386 bits per heavy atom. The van der Waals surface area contributed by atoms with Crippen LogP contribution in [0, 0.1) is 34.9 Å². The van der Waals surface area contributed by atoms with Crippen molar-refractivity contribution in [3.8, 4) is 72.9 Å². The predicted octanol–water partition coefficient (Wildman–Crippen LogP) is 19.5. The lowest BCUT2D eigenvalue weighted by atomic mass is 10.0. The van der Waals surface area contributed by atoms with Gasteiger partial charge in [0.1, 0.15) is 82.1 Å². The molecule has 0 radical (unpaired) electrons. The zero-order valence-corrected chi connectivity index (χ0v) is 71.5. The average molecular weight is 1780 g/mol. The number of hydrogen-bond donors (Lipinski definition) is 4. The molecule has 1 aliphatic carbocycles. The Morgan fingerprint density at radius 2 is 0.732 bits per heavy atom. The van der Waals surface area contributed by atoms with Crippen LogP contribution < -0.4 is 48.1 Å². The molecule has 1 unspecified atom stereocenters. The second-order valence-electron chi connectivity index (χ2n) is 30.5. The highest BCUT2D eigenvalue weighted by atomic mass is 35.5. The van der Waals surface area contributed by atoms with Crippen molar-refractivity contribution in [3.63, 3.8) is 0 Å². The second-order valence-corrected chi connectivity index (χ2v) is 31.8. The molecule has 7 N–H and O–H groups in total. The van der Waals surface area contributed by atoms with Gasteiger partial charge in [-0.05, 0) is 210 Å². The van der Waals surface area contributed by atoms with Crippen LogP contribution in [0.25, 0.3) is 100 Å². The number of anilines is 3. The van der Waals surface area contributed by atoms with Crippen LogP contribution in [-0.4, -0.2) is 90.6 Å². The molecule has 3 atom stereocenters. The molecule has 11 heterocycles. The zero-order chi connectivity index (χ0) is 90.2. The number of pyridine rings is 3. The highest BCUT2D eigenvalue weighted by Crippen LogP contribution is 2.43. The van der Waals surface area contributed by atoms with Crippen molar-refractivity contribution in [3.05, 3.63) is 335 Å². The molecule has 24 nitrogen and oxygen atoms in total. The summed E-state index contributed by atoms with van der Waals surface area (Å²) in [6.45, 7) is 16.2. The van der Waals surface area contributed by atoms with Gasteiger partial charge in [-0.15, -0.1) is 0 Å². The summed E-state index contributed by atoms with van der Waals surface area (Å²) in [5, 5.41) is 12.0. The molecular weight excluding hydrogens is 1700 g/mol. The topological polar surface area (TPSA) is 316 Å². The molecule has 644 valence electrons. The molecule has 0 saturated heterocycles. The number of aliphatic hydroxyl groups excluding tert-OH is 1. The number of hydrogen-bond acceptors (Lipinski definition) is 19. The molecule has 0 amide bonds. The first-order valence-corrected chi connectivity index (χ1v) is 40.9. The third-order valence-electron chi connectivity index (χ3n) is 20.6. The van der Waals surface area contributed by atoms with Crippen molar-refractivity contribution in [2.75, 3.05) is 17.2 Å². The maximum atomic E-state index is 15.0. The maximum Gasteiger partial charge on any atom is 0.266 e. The Labute approximate surface area is 735 Å². The number of allylic oxidation sites excluding steroid dienone is 1. The predicted molar refractivity (Wildman–Crippen MR) is 479 cm³/mol. The number of nitrogens with zero attached hydrogens (tertiary/aromatic N) is 14. The van der Waals surface area contributed by atoms with Crippen LogP contribution in [0.1, 0.15) is 114 Å². The van der Waals surface area contributed by atoms with Gasteiger partial charge in [0.05, 0.1) is 102 Å². The van der Waals surface area contributed by atoms with E-state index in [0.29, 0.717) is 117 Å². The second kappa shape index (κ2) is 36.5. The van der Waals surface area contributed by atoms with Crippen LogP contribution in [0.4, 0.5) is 43.8 Å². The fourth-order valence-corrected chi connectivity index (χ4v) is 15.5. The van der Waals surface area contributed by atoms with E-state index in [2.05, 4.69) is 34.9 Å². The minimum Gasteiger partial charge on any atom is -0.488 e. The summed E-state index contributed by atoms with van der Waals surface area (Å²) in [4.78, 5) is 80.0. The third kappa shape index (κ3) is 18.1. The van der Waals surface area contributed by atoms with Crippen molar-refractivity contribution in [2.24, 2.45) is 0 Å². The van der Waals surface area contributed by atoms with E-state index in [4.69, 9.17) is 76.2 Å². The first-order chi connectivity index (χ1) is 60.8. The maximum absolute atomic E-state index is 15.0. The summed E-state index contributed by atoms with van der Waals surface area (Å²) in [5.41, 5.74) is 27.5. The van der Waals surface area contributed by atoms with E-state index in [1.54, 1.807) is 106 Å². The quantitative estimate of drug-likeness (QED) is 0.0615. The number of ether oxygens (including phenoxy) is 3. The smallest absolute Gasteiger partial charge is 0.266 e. The Bertz CT molecular complexity index is 7120. The SMILES string of the molecule is CC(C)Oc1ccc(-c2cn([C@@H](C)c3nc4ccc(Cl)cn4c(=O)c3-c3cccc(F)c3)c3ncnc(N)c23)cc1F.CC(C)Oc1ccc(-c2cn([C@H](C)c3nc4ccc(Cl)cn4c(=O)c3-c3cccc(F)c3)c3ncnc(N)c23)cc1F.CC(C)Oc1ccc(C2=CCc3ncnc(N)c32)cc1F.CC(O)c1nc2ccc(Cl)cn2c(=O)c1-c1cccc(F)c1. The van der Waals surface area contributed by atoms with Crippen LogP contribution in [0.15, 0.2) is 234 Å². The summed E-state index contributed by atoms with van der Waals surface area (Å²) in [5.74, 6) is -1.54. The summed E-state index contributed by atoms with van der Waals surface area (Å²) in [7, 11) is 0. The van der Waals surface area contributed by atoms with Crippen LogP contribution in [0.2, 0.25) is 15.1 Å². The van der Waals surface area contributed by atoms with Gasteiger partial charge in [0.2, 0.25) is 0 Å². The van der Waals surface area contributed by atoms with E-state index in [0.717, 1.165) is 22.4 Å². The number of aliphatic hydroxyl groups is 1. The van der Waals surface area contributed by atoms with Gasteiger partial charge in [0, 0.05) is 54.1 Å². The monoisotopic (exact) mass is 1780 g/mol.